The van der Waals surface area contributed by atoms with E-state index in [1.54, 1.807) is 0 Å². The van der Waals surface area contributed by atoms with Gasteiger partial charge in [0, 0.05) is 44.4 Å². The lowest BCUT2D eigenvalue weighted by Crippen LogP contribution is -2.31. The molecule has 37 heavy (non-hydrogen) atoms. The number of aryl methyl sites for hydroxylation is 2. The first-order valence-corrected chi connectivity index (χ1v) is 13.1. The number of halogens is 2. The highest BCUT2D eigenvalue weighted by molar-refractivity contribution is 6.39. The Morgan fingerprint density at radius 2 is 1.86 bits per heavy atom. The molecule has 5 rings (SSSR count). The first kappa shape index (κ1) is 25.4. The molecule has 1 amide bonds. The van der Waals surface area contributed by atoms with Crippen molar-refractivity contribution in [2.45, 2.75) is 51.9 Å². The minimum Gasteiger partial charge on any atom is -0.348 e. The van der Waals surface area contributed by atoms with Crippen molar-refractivity contribution in [3.05, 3.63) is 111 Å². The molecule has 190 valence electrons. The quantitative estimate of drug-likeness (QED) is 0.297. The Morgan fingerprint density at radius 1 is 1.11 bits per heavy atom. The molecule has 1 aromatic carbocycles. The lowest BCUT2D eigenvalue weighted by atomic mass is 9.90. The van der Waals surface area contributed by atoms with Gasteiger partial charge in [0.25, 0.3) is 5.91 Å². The van der Waals surface area contributed by atoms with Crippen LogP contribution in [-0.4, -0.2) is 30.7 Å². The van der Waals surface area contributed by atoms with E-state index in [1.807, 2.05) is 37.5 Å². The number of H-pyrrole nitrogens is 1. The third-order valence-corrected chi connectivity index (χ3v) is 7.25. The van der Waals surface area contributed by atoms with Crippen molar-refractivity contribution in [3.8, 4) is 0 Å². The number of hydrogen-bond acceptors (Lipinski definition) is 5. The van der Waals surface area contributed by atoms with Crippen molar-refractivity contribution in [2.24, 2.45) is 0 Å². The van der Waals surface area contributed by atoms with Gasteiger partial charge in [-0.2, -0.15) is 0 Å². The molecule has 0 saturated heterocycles. The Hall–Kier alpha value is -3.26. The second kappa shape index (κ2) is 11.4. The Labute approximate surface area is 226 Å². The van der Waals surface area contributed by atoms with Crippen LogP contribution in [0.15, 0.2) is 61.2 Å². The fourth-order valence-corrected chi connectivity index (χ4v) is 5.41. The molecule has 4 aromatic rings. The molecular weight excluding hydrogens is 507 g/mol. The fourth-order valence-electron chi connectivity index (χ4n) is 4.87. The van der Waals surface area contributed by atoms with Gasteiger partial charge in [0.2, 0.25) is 0 Å². The summed E-state index contributed by atoms with van der Waals surface area (Å²) in [7, 11) is 0. The molecule has 1 unspecified atom stereocenters. The van der Waals surface area contributed by atoms with Gasteiger partial charge in [-0.3, -0.25) is 19.7 Å². The lowest BCUT2D eigenvalue weighted by Gasteiger charge is -2.34. The predicted octanol–water partition coefficient (Wildman–Crippen LogP) is 5.82. The number of nitrogens with zero attached hydrogens (tertiary/aromatic N) is 4. The van der Waals surface area contributed by atoms with Crippen molar-refractivity contribution in [1.82, 2.24) is 30.2 Å². The molecule has 0 saturated carbocycles. The molecule has 0 radical (unpaired) electrons. The number of carbonyl (C=O) groups excluding carboxylic acids is 1. The number of nitrogens with one attached hydrogen (secondary N) is 2. The summed E-state index contributed by atoms with van der Waals surface area (Å²) in [5.41, 5.74) is 5.94. The summed E-state index contributed by atoms with van der Waals surface area (Å²) in [6.45, 7) is 3.83. The largest absolute Gasteiger partial charge is 0.348 e. The molecule has 1 aliphatic carbocycles. The Balaban J connectivity index is 1.30. The fraction of sp³-hybridized carbons (Fsp3) is 0.286. The summed E-state index contributed by atoms with van der Waals surface area (Å²) < 4.78 is 0. The first-order chi connectivity index (χ1) is 18.0. The second-order valence-electron chi connectivity index (χ2n) is 9.32. The van der Waals surface area contributed by atoms with Crippen LogP contribution in [0.3, 0.4) is 0 Å². The van der Waals surface area contributed by atoms with Crippen LogP contribution < -0.4 is 5.32 Å². The molecule has 0 spiro atoms. The molecule has 0 aliphatic heterocycles. The van der Waals surface area contributed by atoms with Gasteiger partial charge in [0.15, 0.2) is 0 Å². The van der Waals surface area contributed by atoms with Gasteiger partial charge >= 0.3 is 0 Å². The molecule has 2 N–H and O–H groups in total. The topological polar surface area (TPSA) is 86.8 Å². The standard InChI is InChI=1S/C28H28Cl2N6O/c1-18-33-13-22(35-18)17-36(25-6-2-4-21-5-3-11-32-27(21)25)16-20-9-7-19(8-10-20)12-34-28(37)26-23(29)14-31-15-24(26)30/h3,5,7-11,13-15,25H,2,4,6,12,16-17H2,1H3,(H,33,35)(H,34,37). The number of aromatic amines is 1. The number of fused-ring (bicyclic) bond motifs is 1. The predicted molar refractivity (Wildman–Crippen MR) is 144 cm³/mol. The molecule has 0 fully saturated rings. The first-order valence-electron chi connectivity index (χ1n) is 12.3. The monoisotopic (exact) mass is 534 g/mol. The van der Waals surface area contributed by atoms with Crippen molar-refractivity contribution in [1.29, 1.82) is 0 Å². The number of hydrogen-bond donors (Lipinski definition) is 2. The van der Waals surface area contributed by atoms with Crippen molar-refractivity contribution in [3.63, 3.8) is 0 Å². The zero-order chi connectivity index (χ0) is 25.8. The van der Waals surface area contributed by atoms with E-state index in [0.717, 1.165) is 49.4 Å². The van der Waals surface area contributed by atoms with Crippen LogP contribution in [0, 0.1) is 6.92 Å². The molecule has 1 atom stereocenters. The number of rotatable bonds is 8. The SMILES string of the molecule is Cc1nc(CN(Cc2ccc(CNC(=O)c3c(Cl)cncc3Cl)cc2)C2CCCc3cccnc32)c[nH]1. The van der Waals surface area contributed by atoms with E-state index in [4.69, 9.17) is 28.2 Å². The third kappa shape index (κ3) is 6.01. The maximum absolute atomic E-state index is 12.6. The van der Waals surface area contributed by atoms with Crippen LogP contribution in [0.25, 0.3) is 0 Å². The highest BCUT2D eigenvalue weighted by Crippen LogP contribution is 2.34. The van der Waals surface area contributed by atoms with Gasteiger partial charge in [-0.1, -0.05) is 53.5 Å². The molecule has 3 aromatic heterocycles. The summed E-state index contributed by atoms with van der Waals surface area (Å²) >= 11 is 12.2. The molecular formula is C28H28Cl2N6O. The summed E-state index contributed by atoms with van der Waals surface area (Å²) in [6.07, 6.45) is 9.98. The highest BCUT2D eigenvalue weighted by atomic mass is 35.5. The van der Waals surface area contributed by atoms with Crippen LogP contribution >= 0.6 is 23.2 Å². The average Bonchev–Trinajstić information content (AvgIpc) is 3.32. The molecule has 1 aliphatic rings. The van der Waals surface area contributed by atoms with Crippen LogP contribution in [0.1, 0.15) is 63.1 Å². The van der Waals surface area contributed by atoms with Gasteiger partial charge in [0.1, 0.15) is 5.82 Å². The Morgan fingerprint density at radius 3 is 2.59 bits per heavy atom. The Bertz CT molecular complexity index is 1370. The average molecular weight is 535 g/mol. The Kier molecular flexibility index (Phi) is 7.84. The third-order valence-electron chi connectivity index (χ3n) is 6.67. The normalized spacial score (nSPS) is 15.0. The molecule has 0 bridgehead atoms. The molecule has 7 nitrogen and oxygen atoms in total. The van der Waals surface area contributed by atoms with Crippen LogP contribution in [0.4, 0.5) is 0 Å². The minimum atomic E-state index is -0.328. The van der Waals surface area contributed by atoms with E-state index >= 15 is 0 Å². The number of benzene rings is 1. The maximum Gasteiger partial charge on any atom is 0.254 e. The summed E-state index contributed by atoms with van der Waals surface area (Å²) in [6, 6.07) is 12.7. The van der Waals surface area contributed by atoms with Crippen molar-refractivity contribution < 1.29 is 4.79 Å². The van der Waals surface area contributed by atoms with Crippen LogP contribution in [0.5, 0.6) is 0 Å². The summed E-state index contributed by atoms with van der Waals surface area (Å²) in [5, 5.41) is 3.34. The summed E-state index contributed by atoms with van der Waals surface area (Å²) in [4.78, 5) is 31.6. The van der Waals surface area contributed by atoms with Crippen molar-refractivity contribution >= 4 is 29.1 Å². The lowest BCUT2D eigenvalue weighted by molar-refractivity contribution is 0.0951. The van der Waals surface area contributed by atoms with E-state index in [0.29, 0.717) is 6.54 Å². The van der Waals surface area contributed by atoms with Gasteiger partial charge < -0.3 is 10.3 Å². The number of carbonyl (C=O) groups is 1. The zero-order valence-electron chi connectivity index (χ0n) is 20.5. The van der Waals surface area contributed by atoms with Gasteiger partial charge in [-0.25, -0.2) is 4.98 Å². The smallest absolute Gasteiger partial charge is 0.254 e. The van der Waals surface area contributed by atoms with Crippen LogP contribution in [-0.2, 0) is 26.1 Å². The zero-order valence-corrected chi connectivity index (χ0v) is 22.1. The number of pyridine rings is 2. The van der Waals surface area contributed by atoms with E-state index < -0.39 is 0 Å². The van der Waals surface area contributed by atoms with E-state index in [2.05, 4.69) is 43.4 Å². The van der Waals surface area contributed by atoms with Crippen LogP contribution in [0.2, 0.25) is 10.0 Å². The van der Waals surface area contributed by atoms with Gasteiger partial charge in [0.05, 0.1) is 33.0 Å². The minimum absolute atomic E-state index is 0.228. The van der Waals surface area contributed by atoms with E-state index in [1.165, 1.54) is 29.2 Å². The highest BCUT2D eigenvalue weighted by Gasteiger charge is 2.28. The van der Waals surface area contributed by atoms with Gasteiger partial charge in [-0.05, 0) is 48.9 Å². The molecule has 3 heterocycles. The van der Waals surface area contributed by atoms with Crippen molar-refractivity contribution in [2.75, 3.05) is 0 Å². The van der Waals surface area contributed by atoms with E-state index in [-0.39, 0.29) is 27.6 Å². The second-order valence-corrected chi connectivity index (χ2v) is 10.1. The number of aromatic nitrogens is 4. The van der Waals surface area contributed by atoms with E-state index in [9.17, 15) is 4.79 Å². The number of imidazole rings is 1. The number of amides is 1. The van der Waals surface area contributed by atoms with Gasteiger partial charge in [-0.15, -0.1) is 0 Å². The maximum atomic E-state index is 12.6. The summed E-state index contributed by atoms with van der Waals surface area (Å²) in [5.74, 6) is 0.586. The molecule has 9 heteroatoms.